The smallest absolute Gasteiger partial charge is 0.263 e. The lowest BCUT2D eigenvalue weighted by Crippen LogP contribution is -2.25. The van der Waals surface area contributed by atoms with Crippen molar-refractivity contribution in [1.82, 2.24) is 4.57 Å². The molecule has 0 unspecified atom stereocenters. The van der Waals surface area contributed by atoms with Gasteiger partial charge in [0.25, 0.3) is 5.56 Å². The van der Waals surface area contributed by atoms with E-state index in [2.05, 4.69) is 5.32 Å². The number of halogens is 1. The molecule has 3 aromatic rings. The molecule has 6 nitrogen and oxygen atoms in total. The van der Waals surface area contributed by atoms with Gasteiger partial charge in [-0.15, -0.1) is 0 Å². The van der Waals surface area contributed by atoms with Gasteiger partial charge in [0.2, 0.25) is 9.84 Å². The van der Waals surface area contributed by atoms with Crippen LogP contribution in [0.25, 0.3) is 16.6 Å². The molecule has 2 N–H and O–H groups in total. The van der Waals surface area contributed by atoms with Crippen molar-refractivity contribution in [3.8, 4) is 5.75 Å². The third kappa shape index (κ3) is 3.40. The van der Waals surface area contributed by atoms with E-state index in [0.29, 0.717) is 11.2 Å². The number of aromatic hydroxyl groups is 1. The lowest BCUT2D eigenvalue weighted by Gasteiger charge is -2.21. The molecule has 0 fully saturated rings. The van der Waals surface area contributed by atoms with Gasteiger partial charge in [0.05, 0.1) is 27.2 Å². The summed E-state index contributed by atoms with van der Waals surface area (Å²) in [6.07, 6.45) is 0. The minimum Gasteiger partial charge on any atom is -0.506 e. The second kappa shape index (κ2) is 7.36. The summed E-state index contributed by atoms with van der Waals surface area (Å²) in [5, 5.41) is 14.6. The Morgan fingerprint density at radius 2 is 1.79 bits per heavy atom. The van der Waals surface area contributed by atoms with Crippen LogP contribution in [0.3, 0.4) is 0 Å². The molecule has 0 radical (unpaired) electrons. The van der Waals surface area contributed by atoms with E-state index in [1.807, 2.05) is 13.8 Å². The molecule has 0 atom stereocenters. The molecule has 0 saturated carbocycles. The molecule has 4 rings (SSSR count). The maximum Gasteiger partial charge on any atom is 0.263 e. The zero-order chi connectivity index (χ0) is 21.5. The number of pyridine rings is 1. The average molecular weight is 416 g/mol. The van der Waals surface area contributed by atoms with Crippen LogP contribution in [0.1, 0.15) is 25.0 Å². The number of fused-ring (bicyclic) bond motifs is 2. The number of sulfone groups is 1. The van der Waals surface area contributed by atoms with Crippen LogP contribution in [0, 0.1) is 12.7 Å². The summed E-state index contributed by atoms with van der Waals surface area (Å²) in [6.45, 7) is 5.77. The summed E-state index contributed by atoms with van der Waals surface area (Å²) in [5.74, 6) is -1.06. The summed E-state index contributed by atoms with van der Waals surface area (Å²) in [4.78, 5) is 12.9. The Hall–Kier alpha value is -3.13. The molecule has 1 aliphatic rings. The van der Waals surface area contributed by atoms with Gasteiger partial charge >= 0.3 is 0 Å². The van der Waals surface area contributed by atoms with E-state index in [1.54, 1.807) is 19.1 Å². The normalized spacial score (nSPS) is 14.3. The highest BCUT2D eigenvalue weighted by Gasteiger charge is 2.28. The molecule has 0 saturated heterocycles. The largest absolute Gasteiger partial charge is 0.506 e. The molecule has 0 spiro atoms. The first-order valence-electron chi connectivity index (χ1n) is 9.05. The standard InChI is InChI=1S/C19H15FN2O4S.C2H6/c1-10-3-5-13-16(7-10)27(25,26)9-14(21-13)17-18(23)12-8-11(20)4-6-15(12)22(2)19(17)24;1-2/h3-9,21,23H,1-2H3;1-2H3. The Bertz CT molecular complexity index is 1320. The van der Waals surface area contributed by atoms with Gasteiger partial charge in [-0.05, 0) is 42.8 Å². The predicted molar refractivity (Wildman–Crippen MR) is 112 cm³/mol. The maximum absolute atomic E-state index is 13.7. The number of anilines is 1. The fourth-order valence-electron chi connectivity index (χ4n) is 3.23. The van der Waals surface area contributed by atoms with E-state index >= 15 is 0 Å². The summed E-state index contributed by atoms with van der Waals surface area (Å²) in [5.41, 5.74) is 0.518. The van der Waals surface area contributed by atoms with Crippen molar-refractivity contribution in [2.45, 2.75) is 25.7 Å². The highest BCUT2D eigenvalue weighted by molar-refractivity contribution is 7.94. The van der Waals surface area contributed by atoms with E-state index in [1.165, 1.54) is 29.8 Å². The molecule has 0 bridgehead atoms. The third-order valence-corrected chi connectivity index (χ3v) is 6.08. The average Bonchev–Trinajstić information content (AvgIpc) is 2.68. The van der Waals surface area contributed by atoms with Crippen molar-refractivity contribution in [2.24, 2.45) is 7.05 Å². The molecule has 0 amide bonds. The van der Waals surface area contributed by atoms with E-state index < -0.39 is 27.0 Å². The van der Waals surface area contributed by atoms with Gasteiger partial charge in [0.15, 0.2) is 0 Å². The van der Waals surface area contributed by atoms with Gasteiger partial charge in [0.1, 0.15) is 17.1 Å². The Balaban J connectivity index is 0.00000117. The Morgan fingerprint density at radius 3 is 2.48 bits per heavy atom. The third-order valence-electron chi connectivity index (χ3n) is 4.59. The van der Waals surface area contributed by atoms with Gasteiger partial charge in [-0.1, -0.05) is 19.9 Å². The number of nitrogens with zero attached hydrogens (tertiary/aromatic N) is 1. The van der Waals surface area contributed by atoms with Crippen LogP contribution in [-0.4, -0.2) is 18.1 Å². The molecule has 152 valence electrons. The second-order valence-electron chi connectivity index (χ2n) is 6.45. The monoisotopic (exact) mass is 416 g/mol. The Kier molecular flexibility index (Phi) is 5.23. The van der Waals surface area contributed by atoms with Crippen LogP contribution in [0.2, 0.25) is 0 Å². The lowest BCUT2D eigenvalue weighted by atomic mass is 10.1. The van der Waals surface area contributed by atoms with Crippen LogP contribution in [0.15, 0.2) is 51.5 Å². The maximum atomic E-state index is 13.7. The van der Waals surface area contributed by atoms with E-state index in [-0.39, 0.29) is 21.5 Å². The fourth-order valence-corrected chi connectivity index (χ4v) is 4.62. The van der Waals surface area contributed by atoms with Gasteiger partial charge < -0.3 is 15.0 Å². The van der Waals surface area contributed by atoms with Crippen molar-refractivity contribution in [2.75, 3.05) is 5.32 Å². The van der Waals surface area contributed by atoms with Crippen LogP contribution in [0.5, 0.6) is 5.75 Å². The van der Waals surface area contributed by atoms with Crippen LogP contribution >= 0.6 is 0 Å². The molecule has 1 aromatic heterocycles. The molecule has 0 aliphatic carbocycles. The Morgan fingerprint density at radius 1 is 1.10 bits per heavy atom. The molecular weight excluding hydrogens is 395 g/mol. The molecule has 8 heteroatoms. The number of aromatic nitrogens is 1. The number of hydrogen-bond donors (Lipinski definition) is 2. The summed E-state index contributed by atoms with van der Waals surface area (Å²) >= 11 is 0. The minimum atomic E-state index is -3.83. The SMILES string of the molecule is CC.Cc1ccc2c(c1)S(=O)(=O)C=C(c1c(O)c3cc(F)ccc3n(C)c1=O)N2. The summed E-state index contributed by atoms with van der Waals surface area (Å²) in [7, 11) is -2.35. The molecular formula is C21H21FN2O4S. The van der Waals surface area contributed by atoms with Gasteiger partial charge in [0, 0.05) is 12.4 Å². The summed E-state index contributed by atoms with van der Waals surface area (Å²) < 4.78 is 40.2. The highest BCUT2D eigenvalue weighted by Crippen LogP contribution is 2.37. The van der Waals surface area contributed by atoms with Crippen molar-refractivity contribution < 1.29 is 17.9 Å². The van der Waals surface area contributed by atoms with Gasteiger partial charge in [-0.2, -0.15) is 0 Å². The molecule has 1 aliphatic heterocycles. The molecule has 2 heterocycles. The molecule has 2 aromatic carbocycles. The molecule has 29 heavy (non-hydrogen) atoms. The number of aryl methyl sites for hydroxylation is 2. The van der Waals surface area contributed by atoms with Crippen molar-refractivity contribution in [3.05, 3.63) is 69.1 Å². The predicted octanol–water partition coefficient (Wildman–Crippen LogP) is 3.92. The van der Waals surface area contributed by atoms with Gasteiger partial charge in [-0.3, -0.25) is 4.79 Å². The lowest BCUT2D eigenvalue weighted by molar-refractivity contribution is 0.477. The van der Waals surface area contributed by atoms with Crippen LogP contribution in [-0.2, 0) is 16.9 Å². The van der Waals surface area contributed by atoms with E-state index in [0.717, 1.165) is 17.0 Å². The van der Waals surface area contributed by atoms with Gasteiger partial charge in [-0.25, -0.2) is 12.8 Å². The first-order chi connectivity index (χ1) is 13.7. The highest BCUT2D eigenvalue weighted by atomic mass is 32.2. The second-order valence-corrected chi connectivity index (χ2v) is 8.22. The summed E-state index contributed by atoms with van der Waals surface area (Å²) in [6, 6.07) is 8.52. The van der Waals surface area contributed by atoms with Crippen LogP contribution < -0.4 is 10.9 Å². The number of rotatable bonds is 1. The topological polar surface area (TPSA) is 88.4 Å². The number of nitrogens with one attached hydrogen (secondary N) is 1. The number of benzene rings is 2. The van der Waals surface area contributed by atoms with Crippen molar-refractivity contribution in [3.63, 3.8) is 0 Å². The first-order valence-corrected chi connectivity index (χ1v) is 10.6. The zero-order valence-corrected chi connectivity index (χ0v) is 17.3. The van der Waals surface area contributed by atoms with Crippen LogP contribution in [0.4, 0.5) is 10.1 Å². The fraction of sp³-hybridized carbons (Fsp3) is 0.190. The van der Waals surface area contributed by atoms with Crippen molar-refractivity contribution >= 4 is 32.1 Å². The number of hydrogen-bond acceptors (Lipinski definition) is 5. The minimum absolute atomic E-state index is 0.0596. The zero-order valence-electron chi connectivity index (χ0n) is 16.4. The quantitative estimate of drug-likeness (QED) is 0.628. The van der Waals surface area contributed by atoms with E-state index in [9.17, 15) is 22.7 Å². The van der Waals surface area contributed by atoms with E-state index in [4.69, 9.17) is 0 Å². The Labute approximate surface area is 167 Å². The first kappa shape index (κ1) is 20.6. The van der Waals surface area contributed by atoms with Crippen molar-refractivity contribution in [1.29, 1.82) is 0 Å².